The highest BCUT2D eigenvalue weighted by Gasteiger charge is 2.13. The van der Waals surface area contributed by atoms with Crippen LogP contribution in [-0.4, -0.2) is 20.7 Å². The van der Waals surface area contributed by atoms with Gasteiger partial charge < -0.3 is 0 Å². The van der Waals surface area contributed by atoms with Gasteiger partial charge in [-0.3, -0.25) is 0 Å². The van der Waals surface area contributed by atoms with Crippen molar-refractivity contribution in [1.82, 2.24) is 0 Å². The normalized spacial score (nSPS) is 11.1. The first-order valence-corrected chi connectivity index (χ1v) is 7.01. The molecular weight excluding hydrogens is 250 g/mol. The zero-order valence-electron chi connectivity index (χ0n) is 9.52. The van der Waals surface area contributed by atoms with Crippen LogP contribution in [-0.2, 0) is 9.84 Å². The second-order valence-corrected chi connectivity index (χ2v) is 5.89. The lowest BCUT2D eigenvalue weighted by Crippen LogP contribution is -2.08. The van der Waals surface area contributed by atoms with E-state index in [0.29, 0.717) is 0 Å². The molecule has 0 amide bonds. The second kappa shape index (κ2) is 5.08. The van der Waals surface area contributed by atoms with E-state index in [1.54, 1.807) is 18.2 Å². The zero-order valence-corrected chi connectivity index (χ0v) is 10.3. The first-order valence-electron chi connectivity index (χ1n) is 5.36. The summed E-state index contributed by atoms with van der Waals surface area (Å²) in [4.78, 5) is 2.80. The van der Waals surface area contributed by atoms with E-state index < -0.39 is 9.84 Å². The van der Waals surface area contributed by atoms with E-state index >= 15 is 0 Å². The van der Waals surface area contributed by atoms with Gasteiger partial charge in [0, 0.05) is 11.5 Å². The predicted molar refractivity (Wildman–Crippen MR) is 70.0 cm³/mol. The zero-order chi connectivity index (χ0) is 13.0. The molecule has 0 aromatic heterocycles. The van der Waals surface area contributed by atoms with Crippen molar-refractivity contribution < 1.29 is 8.42 Å². The average Bonchev–Trinajstić information content (AvgIpc) is 2.38. The van der Waals surface area contributed by atoms with Gasteiger partial charge in [0.2, 0.25) is 0 Å². The van der Waals surface area contributed by atoms with Crippen LogP contribution in [0.25, 0.3) is 21.2 Å². The van der Waals surface area contributed by atoms with Crippen LogP contribution in [0.5, 0.6) is 0 Å². The summed E-state index contributed by atoms with van der Waals surface area (Å²) in [5.41, 5.74) is 8.14. The largest absolute Gasteiger partial charge is 0.224 e. The number of sulfone groups is 1. The Morgan fingerprint density at radius 2 is 1.83 bits per heavy atom. The smallest absolute Gasteiger partial charge is 0.178 e. The molecule has 0 atom stereocenters. The van der Waals surface area contributed by atoms with Gasteiger partial charge in [0.25, 0.3) is 0 Å². The van der Waals surface area contributed by atoms with Crippen LogP contribution >= 0.6 is 0 Å². The summed E-state index contributed by atoms with van der Waals surface area (Å²) >= 11 is 0. The highest BCUT2D eigenvalue weighted by molar-refractivity contribution is 7.91. The Bertz CT molecular complexity index is 719. The Kier molecular flexibility index (Phi) is 3.50. The van der Waals surface area contributed by atoms with Gasteiger partial charge in [0.05, 0.1) is 10.6 Å². The molecule has 0 fully saturated rings. The molecule has 2 aromatic carbocycles. The fourth-order valence-corrected chi connectivity index (χ4v) is 2.82. The van der Waals surface area contributed by atoms with Crippen molar-refractivity contribution in [3.05, 3.63) is 52.9 Å². The number of hydrogen-bond donors (Lipinski definition) is 0. The molecule has 0 bridgehead atoms. The molecule has 6 heteroatoms. The van der Waals surface area contributed by atoms with Crippen molar-refractivity contribution in [3.63, 3.8) is 0 Å². The summed E-state index contributed by atoms with van der Waals surface area (Å²) in [5.74, 6) is -0.171. The molecule has 0 aliphatic rings. The Balaban J connectivity index is 2.38. The van der Waals surface area contributed by atoms with E-state index in [9.17, 15) is 8.42 Å². The van der Waals surface area contributed by atoms with Gasteiger partial charge in [-0.25, -0.2) is 8.42 Å². The number of hydrogen-bond acceptors (Lipinski definition) is 3. The van der Waals surface area contributed by atoms with Crippen molar-refractivity contribution in [2.75, 3.05) is 12.3 Å². The minimum atomic E-state index is -3.39. The lowest BCUT2D eigenvalue weighted by Gasteiger charge is -2.04. The fourth-order valence-electron chi connectivity index (χ4n) is 1.68. The van der Waals surface area contributed by atoms with Gasteiger partial charge in [-0.1, -0.05) is 35.4 Å². The lowest BCUT2D eigenvalue weighted by molar-refractivity contribution is 0.596. The molecule has 0 saturated heterocycles. The maximum absolute atomic E-state index is 12.0. The molecule has 0 aliphatic heterocycles. The van der Waals surface area contributed by atoms with E-state index in [0.717, 1.165) is 10.8 Å². The summed E-state index contributed by atoms with van der Waals surface area (Å²) in [6.07, 6.45) is 0. The van der Waals surface area contributed by atoms with Gasteiger partial charge >= 0.3 is 0 Å². The molecule has 0 spiro atoms. The second-order valence-electron chi connectivity index (χ2n) is 3.78. The molecule has 2 aromatic rings. The quantitative estimate of drug-likeness (QED) is 0.481. The molecule has 0 heterocycles. The summed E-state index contributed by atoms with van der Waals surface area (Å²) < 4.78 is 23.9. The van der Waals surface area contributed by atoms with Crippen LogP contribution in [0.3, 0.4) is 0 Å². The Morgan fingerprint density at radius 1 is 1.11 bits per heavy atom. The standard InChI is InChI=1S/C12H11N3O2S/c13-15-14-7-8-18(16,17)12-6-5-10-3-1-2-4-11(10)9-12/h1-6,9H,7-8H2. The summed E-state index contributed by atoms with van der Waals surface area (Å²) in [6, 6.07) is 12.5. The molecule has 92 valence electrons. The first kappa shape index (κ1) is 12.4. The van der Waals surface area contributed by atoms with Crippen LogP contribution < -0.4 is 0 Å². The predicted octanol–water partition coefficient (Wildman–Crippen LogP) is 2.92. The monoisotopic (exact) mass is 261 g/mol. The molecule has 5 nitrogen and oxygen atoms in total. The maximum atomic E-state index is 12.0. The fraction of sp³-hybridized carbons (Fsp3) is 0.167. The topological polar surface area (TPSA) is 82.9 Å². The molecule has 0 unspecified atom stereocenters. The highest BCUT2D eigenvalue weighted by atomic mass is 32.2. The van der Waals surface area contributed by atoms with Gasteiger partial charge in [0.15, 0.2) is 9.84 Å². The number of fused-ring (bicyclic) bond motifs is 1. The third kappa shape index (κ3) is 2.61. The number of rotatable bonds is 4. The summed E-state index contributed by atoms with van der Waals surface area (Å²) in [7, 11) is -3.39. The number of azide groups is 1. The van der Waals surface area contributed by atoms with E-state index in [1.165, 1.54) is 0 Å². The lowest BCUT2D eigenvalue weighted by atomic mass is 10.1. The van der Waals surface area contributed by atoms with E-state index in [4.69, 9.17) is 5.53 Å². The SMILES string of the molecule is [N-]=[N+]=NCCS(=O)(=O)c1ccc2ccccc2c1. The van der Waals surface area contributed by atoms with Crippen LogP contribution in [0.1, 0.15) is 0 Å². The minimum Gasteiger partial charge on any atom is -0.224 e. The molecule has 0 radical (unpaired) electrons. The minimum absolute atomic E-state index is 0.0499. The molecule has 0 N–H and O–H groups in total. The van der Waals surface area contributed by atoms with Gasteiger partial charge in [-0.2, -0.15) is 0 Å². The van der Waals surface area contributed by atoms with E-state index in [2.05, 4.69) is 10.0 Å². The van der Waals surface area contributed by atoms with Crippen molar-refractivity contribution in [3.8, 4) is 0 Å². The first-order chi connectivity index (χ1) is 8.63. The van der Waals surface area contributed by atoms with Crippen molar-refractivity contribution in [2.45, 2.75) is 4.90 Å². The van der Waals surface area contributed by atoms with Crippen molar-refractivity contribution >= 4 is 20.6 Å². The van der Waals surface area contributed by atoms with Crippen LogP contribution in [0.15, 0.2) is 52.5 Å². The average molecular weight is 261 g/mol. The summed E-state index contributed by atoms with van der Waals surface area (Å²) in [6.45, 7) is -0.0499. The third-order valence-corrected chi connectivity index (χ3v) is 4.30. The van der Waals surface area contributed by atoms with Crippen LogP contribution in [0, 0.1) is 0 Å². The molecule has 2 rings (SSSR count). The van der Waals surface area contributed by atoms with Crippen molar-refractivity contribution in [1.29, 1.82) is 0 Å². The summed E-state index contributed by atoms with van der Waals surface area (Å²) in [5, 5.41) is 5.12. The Hall–Kier alpha value is -2.04. The van der Waals surface area contributed by atoms with Gasteiger partial charge in [-0.15, -0.1) is 0 Å². The Labute approximate surface area is 105 Å². The molecule has 0 aliphatic carbocycles. The van der Waals surface area contributed by atoms with Gasteiger partial charge in [0.1, 0.15) is 0 Å². The Morgan fingerprint density at radius 3 is 2.56 bits per heavy atom. The maximum Gasteiger partial charge on any atom is 0.178 e. The molecule has 0 saturated carbocycles. The van der Waals surface area contributed by atoms with Crippen molar-refractivity contribution in [2.24, 2.45) is 5.11 Å². The van der Waals surface area contributed by atoms with E-state index in [-0.39, 0.29) is 17.2 Å². The number of nitrogens with zero attached hydrogens (tertiary/aromatic N) is 3. The van der Waals surface area contributed by atoms with Crippen LogP contribution in [0.4, 0.5) is 0 Å². The third-order valence-electron chi connectivity index (χ3n) is 2.60. The molecule has 18 heavy (non-hydrogen) atoms. The van der Waals surface area contributed by atoms with Crippen LogP contribution in [0.2, 0.25) is 0 Å². The van der Waals surface area contributed by atoms with E-state index in [1.807, 2.05) is 24.3 Å². The van der Waals surface area contributed by atoms with Gasteiger partial charge in [-0.05, 0) is 28.4 Å². The molecular formula is C12H11N3O2S. The number of benzene rings is 2. The highest BCUT2D eigenvalue weighted by Crippen LogP contribution is 2.19.